The zero-order chi connectivity index (χ0) is 13.1. The summed E-state index contributed by atoms with van der Waals surface area (Å²) < 4.78 is 1.64. The van der Waals surface area contributed by atoms with Gasteiger partial charge in [-0.25, -0.2) is 0 Å². The molecule has 0 aliphatic rings. The van der Waals surface area contributed by atoms with E-state index < -0.39 is 0 Å². The lowest BCUT2D eigenvalue weighted by Crippen LogP contribution is -2.11. The molecule has 0 aliphatic heterocycles. The highest BCUT2D eigenvalue weighted by atomic mass is 35.5. The number of hydrogen-bond acceptors (Lipinski definition) is 2. The predicted octanol–water partition coefficient (Wildman–Crippen LogP) is 3.83. The Labute approximate surface area is 115 Å². The van der Waals surface area contributed by atoms with E-state index in [1.165, 1.54) is 6.20 Å². The van der Waals surface area contributed by atoms with E-state index in [1.54, 1.807) is 28.9 Å². The first-order valence-corrected chi connectivity index (χ1v) is 6.40. The van der Waals surface area contributed by atoms with Gasteiger partial charge in [-0.05, 0) is 30.7 Å². The lowest BCUT2D eigenvalue weighted by atomic mass is 10.1. The van der Waals surface area contributed by atoms with E-state index in [0.29, 0.717) is 27.8 Å². The molecule has 0 saturated carbocycles. The minimum Gasteiger partial charge on any atom is -0.287 e. The maximum atomic E-state index is 12.3. The molecule has 3 nitrogen and oxygen atoms in total. The fraction of sp³-hybridized carbons (Fsp3) is 0.231. The van der Waals surface area contributed by atoms with Gasteiger partial charge in [-0.1, -0.05) is 30.1 Å². The van der Waals surface area contributed by atoms with E-state index in [4.69, 9.17) is 23.2 Å². The first-order chi connectivity index (χ1) is 8.63. The first-order valence-electron chi connectivity index (χ1n) is 5.65. The van der Waals surface area contributed by atoms with Crippen LogP contribution in [0.25, 0.3) is 0 Å². The zero-order valence-electron chi connectivity index (χ0n) is 9.86. The van der Waals surface area contributed by atoms with Crippen LogP contribution < -0.4 is 0 Å². The smallest absolute Gasteiger partial charge is 0.212 e. The van der Waals surface area contributed by atoms with Gasteiger partial charge in [0.15, 0.2) is 0 Å². The maximum Gasteiger partial charge on any atom is 0.212 e. The quantitative estimate of drug-likeness (QED) is 0.799. The Kier molecular flexibility index (Phi) is 4.04. The van der Waals surface area contributed by atoms with E-state index in [2.05, 4.69) is 5.10 Å². The van der Waals surface area contributed by atoms with E-state index >= 15 is 0 Å². The molecule has 0 unspecified atom stereocenters. The van der Waals surface area contributed by atoms with Crippen molar-refractivity contribution in [1.29, 1.82) is 0 Å². The van der Waals surface area contributed by atoms with Gasteiger partial charge in [0.05, 0.1) is 11.2 Å². The molecule has 0 saturated heterocycles. The summed E-state index contributed by atoms with van der Waals surface area (Å²) in [4.78, 5) is 12.3. The highest BCUT2D eigenvalue weighted by Crippen LogP contribution is 2.20. The molecule has 0 aliphatic carbocycles. The average Bonchev–Trinajstić information content (AvgIpc) is 2.71. The van der Waals surface area contributed by atoms with Crippen molar-refractivity contribution in [1.82, 2.24) is 9.78 Å². The summed E-state index contributed by atoms with van der Waals surface area (Å²) in [5, 5.41) is 5.08. The number of hydrogen-bond donors (Lipinski definition) is 0. The van der Waals surface area contributed by atoms with Crippen molar-refractivity contribution in [3.8, 4) is 0 Å². The van der Waals surface area contributed by atoms with Crippen molar-refractivity contribution in [3.05, 3.63) is 51.8 Å². The molecule has 0 fully saturated rings. The number of aryl methyl sites for hydroxylation is 1. The van der Waals surface area contributed by atoms with Gasteiger partial charge in [0, 0.05) is 17.1 Å². The number of benzene rings is 1. The second-order valence-electron chi connectivity index (χ2n) is 3.90. The number of carbonyl (C=O) groups excluding carboxylic acids is 1. The fourth-order valence-electron chi connectivity index (χ4n) is 1.71. The van der Waals surface area contributed by atoms with Gasteiger partial charge in [-0.15, -0.1) is 0 Å². The zero-order valence-corrected chi connectivity index (χ0v) is 11.4. The molecular weight excluding hydrogens is 271 g/mol. The molecule has 0 amide bonds. The van der Waals surface area contributed by atoms with E-state index in [1.807, 2.05) is 6.92 Å². The maximum absolute atomic E-state index is 12.3. The van der Waals surface area contributed by atoms with Crippen molar-refractivity contribution in [2.24, 2.45) is 0 Å². The molecule has 2 aromatic rings. The highest BCUT2D eigenvalue weighted by Gasteiger charge is 2.18. The number of rotatable bonds is 4. The lowest BCUT2D eigenvalue weighted by Gasteiger charge is -2.06. The molecule has 2 rings (SSSR count). The second-order valence-corrected chi connectivity index (χ2v) is 4.74. The van der Waals surface area contributed by atoms with Crippen LogP contribution >= 0.6 is 23.2 Å². The second kappa shape index (κ2) is 5.55. The van der Waals surface area contributed by atoms with Crippen molar-refractivity contribution in [3.63, 3.8) is 0 Å². The van der Waals surface area contributed by atoms with Crippen LogP contribution in [-0.2, 0) is 6.54 Å². The molecule has 0 atom stereocenters. The molecule has 94 valence electrons. The molecular formula is C13H12Cl2N2O. The minimum absolute atomic E-state index is 0.136. The molecule has 0 N–H and O–H groups in total. The lowest BCUT2D eigenvalue weighted by molar-refractivity contribution is 0.102. The Morgan fingerprint density at radius 1 is 1.28 bits per heavy atom. The van der Waals surface area contributed by atoms with E-state index in [0.717, 1.165) is 6.42 Å². The van der Waals surface area contributed by atoms with Crippen molar-refractivity contribution in [2.45, 2.75) is 19.9 Å². The third-order valence-corrected chi connectivity index (χ3v) is 3.08. The van der Waals surface area contributed by atoms with Crippen molar-refractivity contribution < 1.29 is 4.79 Å². The van der Waals surface area contributed by atoms with Crippen LogP contribution in [0, 0.1) is 0 Å². The standard InChI is InChI=1S/C13H12Cl2N2O/c1-2-7-17-12(11(15)8-16-17)13(18)9-3-5-10(14)6-4-9/h3-6,8H,2,7H2,1H3. The molecule has 1 aromatic heterocycles. The predicted molar refractivity (Wildman–Crippen MR) is 72.4 cm³/mol. The minimum atomic E-state index is -0.136. The first kappa shape index (κ1) is 13.1. The third-order valence-electron chi connectivity index (χ3n) is 2.55. The van der Waals surface area contributed by atoms with Crippen LogP contribution in [0.15, 0.2) is 30.5 Å². The van der Waals surface area contributed by atoms with E-state index in [9.17, 15) is 4.79 Å². The normalized spacial score (nSPS) is 10.6. The molecule has 1 heterocycles. The average molecular weight is 283 g/mol. The Morgan fingerprint density at radius 3 is 2.56 bits per heavy atom. The number of aromatic nitrogens is 2. The SMILES string of the molecule is CCCn1ncc(Cl)c1C(=O)c1ccc(Cl)cc1. The number of carbonyl (C=O) groups is 1. The Hall–Kier alpha value is -1.32. The van der Waals surface area contributed by atoms with Crippen LogP contribution in [0.4, 0.5) is 0 Å². The van der Waals surface area contributed by atoms with Crippen LogP contribution in [0.3, 0.4) is 0 Å². The summed E-state index contributed by atoms with van der Waals surface area (Å²) in [6.45, 7) is 2.69. The topological polar surface area (TPSA) is 34.9 Å². The summed E-state index contributed by atoms with van der Waals surface area (Å²) in [7, 11) is 0. The largest absolute Gasteiger partial charge is 0.287 e. The van der Waals surface area contributed by atoms with Gasteiger partial charge in [0.25, 0.3) is 0 Å². The van der Waals surface area contributed by atoms with Crippen molar-refractivity contribution >= 4 is 29.0 Å². The van der Waals surface area contributed by atoms with E-state index in [-0.39, 0.29) is 5.78 Å². The third kappa shape index (κ3) is 2.57. The highest BCUT2D eigenvalue weighted by molar-refractivity contribution is 6.34. The molecule has 1 aromatic carbocycles. The number of ketones is 1. The molecule has 5 heteroatoms. The van der Waals surface area contributed by atoms with Crippen molar-refractivity contribution in [2.75, 3.05) is 0 Å². The van der Waals surface area contributed by atoms with Gasteiger partial charge in [-0.3, -0.25) is 9.48 Å². The summed E-state index contributed by atoms with van der Waals surface area (Å²) in [5.74, 6) is -0.136. The summed E-state index contributed by atoms with van der Waals surface area (Å²) >= 11 is 11.8. The summed E-state index contributed by atoms with van der Waals surface area (Å²) in [6.07, 6.45) is 2.39. The number of halogens is 2. The van der Waals surface area contributed by atoms with Crippen LogP contribution in [0.1, 0.15) is 29.4 Å². The summed E-state index contributed by atoms with van der Waals surface area (Å²) in [5.41, 5.74) is 0.986. The molecule has 0 spiro atoms. The fourth-order valence-corrected chi connectivity index (χ4v) is 2.06. The molecule has 0 radical (unpaired) electrons. The Balaban J connectivity index is 2.39. The number of nitrogens with zero attached hydrogens (tertiary/aromatic N) is 2. The van der Waals surface area contributed by atoms with Gasteiger partial charge in [0.1, 0.15) is 5.69 Å². The van der Waals surface area contributed by atoms with Crippen LogP contribution in [0.5, 0.6) is 0 Å². The van der Waals surface area contributed by atoms with Gasteiger partial charge < -0.3 is 0 Å². The van der Waals surface area contributed by atoms with Gasteiger partial charge in [0.2, 0.25) is 5.78 Å². The van der Waals surface area contributed by atoms with Crippen LogP contribution in [0.2, 0.25) is 10.0 Å². The molecule has 18 heavy (non-hydrogen) atoms. The van der Waals surface area contributed by atoms with Gasteiger partial charge >= 0.3 is 0 Å². The van der Waals surface area contributed by atoms with Gasteiger partial charge in [-0.2, -0.15) is 5.10 Å². The Bertz CT molecular complexity index is 561. The molecule has 0 bridgehead atoms. The monoisotopic (exact) mass is 282 g/mol. The Morgan fingerprint density at radius 2 is 1.94 bits per heavy atom. The summed E-state index contributed by atoms with van der Waals surface area (Å²) in [6, 6.07) is 6.74. The van der Waals surface area contributed by atoms with Crippen LogP contribution in [-0.4, -0.2) is 15.6 Å².